The van der Waals surface area contributed by atoms with Gasteiger partial charge in [0.25, 0.3) is 0 Å². The van der Waals surface area contributed by atoms with E-state index in [1.165, 1.54) is 17.3 Å². The smallest absolute Gasteiger partial charge is 0.234 e. The lowest BCUT2D eigenvalue weighted by atomic mass is 10.1. The van der Waals surface area contributed by atoms with Crippen molar-refractivity contribution in [3.8, 4) is 0 Å². The molecule has 0 aliphatic rings. The van der Waals surface area contributed by atoms with Crippen molar-refractivity contribution in [2.24, 2.45) is 0 Å². The van der Waals surface area contributed by atoms with Crippen LogP contribution in [0.5, 0.6) is 0 Å². The number of hydrogen-bond donors (Lipinski definition) is 1. The Kier molecular flexibility index (Phi) is 5.45. The molecule has 0 aliphatic heterocycles. The maximum Gasteiger partial charge on any atom is 0.234 e. The quantitative estimate of drug-likeness (QED) is 0.560. The number of fused-ring (bicyclic) bond motifs is 1. The molecule has 0 saturated heterocycles. The molecule has 1 heterocycles. The number of amides is 1. The zero-order valence-corrected chi connectivity index (χ0v) is 16.8. The molecule has 1 amide bonds. The van der Waals surface area contributed by atoms with Crippen LogP contribution in [0.25, 0.3) is 10.9 Å². The summed E-state index contributed by atoms with van der Waals surface area (Å²) in [4.78, 5) is 17.0. The molecular formula is C20H19BrN2OS. The first-order valence-electron chi connectivity index (χ1n) is 8.00. The van der Waals surface area contributed by atoms with Crippen LogP contribution in [0.15, 0.2) is 52.0 Å². The molecule has 2 aromatic carbocycles. The molecule has 3 nitrogen and oxygen atoms in total. The molecule has 0 spiro atoms. The minimum Gasteiger partial charge on any atom is -0.324 e. The number of halogens is 1. The van der Waals surface area contributed by atoms with E-state index in [0.717, 1.165) is 37.2 Å². The third-order valence-corrected chi connectivity index (χ3v) is 5.54. The minimum atomic E-state index is -0.0427. The molecule has 0 fully saturated rings. The largest absolute Gasteiger partial charge is 0.324 e. The number of aromatic nitrogens is 1. The highest BCUT2D eigenvalue weighted by Crippen LogP contribution is 2.27. The van der Waals surface area contributed by atoms with Crippen molar-refractivity contribution < 1.29 is 4.79 Å². The summed E-state index contributed by atoms with van der Waals surface area (Å²) >= 11 is 4.94. The van der Waals surface area contributed by atoms with Crippen molar-refractivity contribution >= 4 is 50.2 Å². The Balaban J connectivity index is 1.72. The summed E-state index contributed by atoms with van der Waals surface area (Å²) in [6, 6.07) is 14.1. The van der Waals surface area contributed by atoms with Gasteiger partial charge in [0.15, 0.2) is 0 Å². The zero-order chi connectivity index (χ0) is 18.0. The van der Waals surface area contributed by atoms with Gasteiger partial charge in [-0.1, -0.05) is 36.0 Å². The van der Waals surface area contributed by atoms with E-state index in [4.69, 9.17) is 4.98 Å². The highest BCUT2D eigenvalue weighted by atomic mass is 79.9. The predicted octanol–water partition coefficient (Wildman–Crippen LogP) is 5.65. The summed E-state index contributed by atoms with van der Waals surface area (Å²) in [6.07, 6.45) is 0. The Morgan fingerprint density at radius 2 is 1.92 bits per heavy atom. The van der Waals surface area contributed by atoms with E-state index in [0.29, 0.717) is 5.75 Å². The zero-order valence-electron chi connectivity index (χ0n) is 14.4. The van der Waals surface area contributed by atoms with Gasteiger partial charge in [0, 0.05) is 9.86 Å². The number of anilines is 1. The first kappa shape index (κ1) is 18.0. The first-order valence-corrected chi connectivity index (χ1v) is 9.77. The van der Waals surface area contributed by atoms with Crippen LogP contribution >= 0.6 is 27.7 Å². The Labute approximate surface area is 160 Å². The Morgan fingerprint density at radius 1 is 1.12 bits per heavy atom. The van der Waals surface area contributed by atoms with Gasteiger partial charge in [0.2, 0.25) is 5.91 Å². The summed E-state index contributed by atoms with van der Waals surface area (Å²) in [5.74, 6) is 0.281. The van der Waals surface area contributed by atoms with Gasteiger partial charge < -0.3 is 5.32 Å². The summed E-state index contributed by atoms with van der Waals surface area (Å²) in [5.41, 5.74) is 5.26. The topological polar surface area (TPSA) is 42.0 Å². The lowest BCUT2D eigenvalue weighted by molar-refractivity contribution is -0.113. The van der Waals surface area contributed by atoms with E-state index in [1.54, 1.807) is 0 Å². The highest BCUT2D eigenvalue weighted by molar-refractivity contribution is 9.10. The van der Waals surface area contributed by atoms with Crippen molar-refractivity contribution in [3.63, 3.8) is 0 Å². The summed E-state index contributed by atoms with van der Waals surface area (Å²) in [7, 11) is 0. The molecule has 1 aromatic heterocycles. The molecule has 1 N–H and O–H groups in total. The predicted molar refractivity (Wildman–Crippen MR) is 109 cm³/mol. The second-order valence-corrected chi connectivity index (χ2v) is 7.92. The number of nitrogens with one attached hydrogen (secondary N) is 1. The van der Waals surface area contributed by atoms with Crippen molar-refractivity contribution in [1.82, 2.24) is 4.98 Å². The lowest BCUT2D eigenvalue weighted by Gasteiger charge is -2.10. The lowest BCUT2D eigenvalue weighted by Crippen LogP contribution is -2.14. The number of aryl methyl sites for hydroxylation is 3. The van der Waals surface area contributed by atoms with E-state index in [9.17, 15) is 4.79 Å². The van der Waals surface area contributed by atoms with Crippen LogP contribution in [0.2, 0.25) is 0 Å². The Hall–Kier alpha value is -1.85. The van der Waals surface area contributed by atoms with E-state index in [-0.39, 0.29) is 5.91 Å². The van der Waals surface area contributed by atoms with E-state index >= 15 is 0 Å². The molecule has 0 bridgehead atoms. The average molecular weight is 415 g/mol. The standard InChI is InChI=1S/C20H19BrN2OS/c1-12-7-8-17(16(21)9-12)22-18(24)11-25-19-10-14(3)15-6-4-5-13(2)20(15)23-19/h4-10H,11H2,1-3H3,(H,22,24). The van der Waals surface area contributed by atoms with Crippen molar-refractivity contribution in [1.29, 1.82) is 0 Å². The van der Waals surface area contributed by atoms with Crippen LogP contribution in [0.1, 0.15) is 16.7 Å². The van der Waals surface area contributed by atoms with E-state index < -0.39 is 0 Å². The number of thioether (sulfide) groups is 1. The number of nitrogens with zero attached hydrogens (tertiary/aromatic N) is 1. The summed E-state index contributed by atoms with van der Waals surface area (Å²) in [5, 5.41) is 4.97. The fourth-order valence-corrected chi connectivity index (χ4v) is 4.01. The number of rotatable bonds is 4. The van der Waals surface area contributed by atoms with Gasteiger partial charge in [0.1, 0.15) is 0 Å². The van der Waals surface area contributed by atoms with Crippen molar-refractivity contribution in [2.75, 3.05) is 11.1 Å². The molecule has 5 heteroatoms. The monoisotopic (exact) mass is 414 g/mol. The number of para-hydroxylation sites is 1. The third kappa shape index (κ3) is 4.22. The number of benzene rings is 2. The molecule has 0 atom stereocenters. The Bertz CT molecular complexity index is 956. The first-order chi connectivity index (χ1) is 11.9. The number of pyridine rings is 1. The maximum absolute atomic E-state index is 12.3. The number of carbonyl (C=O) groups is 1. The van der Waals surface area contributed by atoms with Crippen LogP contribution in [0.3, 0.4) is 0 Å². The molecule has 0 saturated carbocycles. The molecule has 0 radical (unpaired) electrons. The van der Waals surface area contributed by atoms with Crippen molar-refractivity contribution in [3.05, 3.63) is 63.6 Å². The van der Waals surface area contributed by atoms with Gasteiger partial charge >= 0.3 is 0 Å². The molecule has 3 aromatic rings. The molecule has 128 valence electrons. The number of carbonyl (C=O) groups excluding carboxylic acids is 1. The van der Waals surface area contributed by atoms with Crippen molar-refractivity contribution in [2.45, 2.75) is 25.8 Å². The van der Waals surface area contributed by atoms with Gasteiger partial charge in [-0.2, -0.15) is 0 Å². The fraction of sp³-hybridized carbons (Fsp3) is 0.200. The Morgan fingerprint density at radius 3 is 2.68 bits per heavy atom. The maximum atomic E-state index is 12.3. The third-order valence-electron chi connectivity index (χ3n) is 3.97. The fourth-order valence-electron chi connectivity index (χ4n) is 2.65. The molecule has 3 rings (SSSR count). The van der Waals surface area contributed by atoms with Gasteiger partial charge in [-0.25, -0.2) is 4.98 Å². The van der Waals surface area contributed by atoms with Crippen LogP contribution in [0, 0.1) is 20.8 Å². The molecular weight excluding hydrogens is 396 g/mol. The highest BCUT2D eigenvalue weighted by Gasteiger charge is 2.09. The molecule has 0 aliphatic carbocycles. The van der Waals surface area contributed by atoms with Gasteiger partial charge in [0.05, 0.1) is 22.0 Å². The van der Waals surface area contributed by atoms with Crippen LogP contribution < -0.4 is 5.32 Å². The van der Waals surface area contributed by atoms with E-state index in [2.05, 4.69) is 47.2 Å². The van der Waals surface area contributed by atoms with E-state index in [1.807, 2.05) is 37.3 Å². The van der Waals surface area contributed by atoms with Gasteiger partial charge in [-0.05, 0) is 71.6 Å². The normalized spacial score (nSPS) is 10.9. The van der Waals surface area contributed by atoms with Crippen LogP contribution in [-0.2, 0) is 4.79 Å². The SMILES string of the molecule is Cc1ccc(NC(=O)CSc2cc(C)c3cccc(C)c3n2)c(Br)c1. The summed E-state index contributed by atoms with van der Waals surface area (Å²) < 4.78 is 0.890. The molecule has 0 unspecified atom stereocenters. The molecule has 25 heavy (non-hydrogen) atoms. The van der Waals surface area contributed by atoms with Crippen LogP contribution in [0.4, 0.5) is 5.69 Å². The van der Waals surface area contributed by atoms with Gasteiger partial charge in [-0.3, -0.25) is 4.79 Å². The van der Waals surface area contributed by atoms with Crippen LogP contribution in [-0.4, -0.2) is 16.6 Å². The minimum absolute atomic E-state index is 0.0427. The second-order valence-electron chi connectivity index (χ2n) is 6.07. The number of hydrogen-bond acceptors (Lipinski definition) is 3. The average Bonchev–Trinajstić information content (AvgIpc) is 2.57. The van der Waals surface area contributed by atoms with Gasteiger partial charge in [-0.15, -0.1) is 0 Å². The second kappa shape index (κ2) is 7.58. The summed E-state index contributed by atoms with van der Waals surface area (Å²) in [6.45, 7) is 6.16.